The Morgan fingerprint density at radius 3 is 2.12 bits per heavy atom. The normalized spacial score (nSPS) is 12.7. The summed E-state index contributed by atoms with van der Waals surface area (Å²) in [5.74, 6) is 0. The van der Waals surface area contributed by atoms with Crippen LogP contribution < -0.4 is 5.19 Å². The zero-order valence-corrected chi connectivity index (χ0v) is 21.3. The maximum Gasteiger partial charge on any atom is 0.0798 e. The Labute approximate surface area is 175 Å². The quantitative estimate of drug-likeness (QED) is 0.342. The van der Waals surface area contributed by atoms with Crippen molar-refractivity contribution in [2.75, 3.05) is 0 Å². The summed E-state index contributed by atoms with van der Waals surface area (Å²) in [5.41, 5.74) is 5.35. The zero-order chi connectivity index (χ0) is 19.0. The van der Waals surface area contributed by atoms with Crippen molar-refractivity contribution in [2.24, 2.45) is 5.41 Å². The monoisotopic (exact) mass is 545 g/mol. The van der Waals surface area contributed by atoms with Gasteiger partial charge in [0.15, 0.2) is 0 Å². The summed E-state index contributed by atoms with van der Waals surface area (Å²) in [7, 11) is -1.42. The van der Waals surface area contributed by atoms with E-state index in [0.717, 1.165) is 17.7 Å². The third-order valence-electron chi connectivity index (χ3n) is 4.46. The molecule has 1 heterocycles. The van der Waals surface area contributed by atoms with Gasteiger partial charge in [-0.05, 0) is 28.1 Å². The van der Waals surface area contributed by atoms with Gasteiger partial charge in [-0.1, -0.05) is 72.8 Å². The van der Waals surface area contributed by atoms with E-state index >= 15 is 0 Å². The van der Waals surface area contributed by atoms with Gasteiger partial charge in [0.2, 0.25) is 0 Å². The molecule has 2 rings (SSSR count). The predicted molar refractivity (Wildman–Crippen MR) is 113 cm³/mol. The molecule has 0 aliphatic carbocycles. The fraction of sp³-hybridized carbons (Fsp3) is 0.522. The van der Waals surface area contributed by atoms with Crippen molar-refractivity contribution < 1.29 is 20.1 Å². The van der Waals surface area contributed by atoms with Crippen LogP contribution in [0.5, 0.6) is 0 Å². The van der Waals surface area contributed by atoms with Crippen molar-refractivity contribution in [3.8, 4) is 11.3 Å². The summed E-state index contributed by atoms with van der Waals surface area (Å²) in [6.07, 6.45) is 3.22. The molecule has 0 aliphatic rings. The molecule has 1 aromatic carbocycles. The van der Waals surface area contributed by atoms with Crippen LogP contribution in [-0.2, 0) is 31.9 Å². The van der Waals surface area contributed by atoms with Gasteiger partial charge < -0.3 is 4.98 Å². The number of pyridine rings is 1. The fourth-order valence-electron chi connectivity index (χ4n) is 3.12. The van der Waals surface area contributed by atoms with Crippen LogP contribution >= 0.6 is 0 Å². The Morgan fingerprint density at radius 1 is 1.00 bits per heavy atom. The molecule has 0 unspecified atom stereocenters. The topological polar surface area (TPSA) is 12.9 Å². The summed E-state index contributed by atoms with van der Waals surface area (Å²) in [6, 6.07) is 12.2. The van der Waals surface area contributed by atoms with Crippen LogP contribution in [0.2, 0.25) is 19.6 Å². The van der Waals surface area contributed by atoms with E-state index in [1.54, 1.807) is 0 Å². The van der Waals surface area contributed by atoms with Crippen LogP contribution in [0, 0.1) is 11.5 Å². The molecule has 1 radical (unpaired) electrons. The number of rotatable bonds is 3. The molecular formula is C23H34IrNSi-. The average molecular weight is 545 g/mol. The number of nitrogens with zero attached hydrogens (tertiary/aromatic N) is 1. The maximum atomic E-state index is 4.83. The first-order valence-electron chi connectivity index (χ1n) is 9.29. The Balaban J connectivity index is 0.00000338. The number of hydrogen-bond donors (Lipinski definition) is 0. The Bertz CT molecular complexity index is 746. The van der Waals surface area contributed by atoms with E-state index < -0.39 is 8.07 Å². The third-order valence-corrected chi connectivity index (χ3v) is 6.53. The van der Waals surface area contributed by atoms with Crippen LogP contribution in [0.25, 0.3) is 11.3 Å². The van der Waals surface area contributed by atoms with Gasteiger partial charge >= 0.3 is 0 Å². The van der Waals surface area contributed by atoms with Crippen LogP contribution in [0.1, 0.15) is 52.7 Å². The van der Waals surface area contributed by atoms with Crippen LogP contribution in [0.3, 0.4) is 0 Å². The first kappa shape index (κ1) is 23.3. The van der Waals surface area contributed by atoms with Crippen molar-refractivity contribution in [3.63, 3.8) is 0 Å². The van der Waals surface area contributed by atoms with E-state index in [1.165, 1.54) is 16.3 Å². The summed E-state index contributed by atoms with van der Waals surface area (Å²) in [4.78, 5) is 4.83. The maximum absolute atomic E-state index is 4.83. The molecule has 3 heteroatoms. The van der Waals surface area contributed by atoms with E-state index in [-0.39, 0.29) is 30.9 Å². The molecule has 0 aliphatic heterocycles. The third kappa shape index (κ3) is 6.15. The van der Waals surface area contributed by atoms with Crippen molar-refractivity contribution in [3.05, 3.63) is 47.7 Å². The van der Waals surface area contributed by atoms with Gasteiger partial charge in [-0.15, -0.1) is 35.4 Å². The Morgan fingerprint density at radius 2 is 1.62 bits per heavy atom. The zero-order valence-electron chi connectivity index (χ0n) is 17.9. The second-order valence-electron chi connectivity index (χ2n) is 10.5. The second kappa shape index (κ2) is 8.08. The first-order chi connectivity index (χ1) is 11.3. The summed E-state index contributed by atoms with van der Waals surface area (Å²) in [6.45, 7) is 20.9. The minimum absolute atomic E-state index is 0. The van der Waals surface area contributed by atoms with E-state index in [0.29, 0.717) is 0 Å². The molecule has 0 fully saturated rings. The van der Waals surface area contributed by atoms with E-state index in [4.69, 9.17) is 4.98 Å². The first-order valence-corrected chi connectivity index (χ1v) is 12.8. The standard InChI is InChI=1S/C23H34NSi.Ir/c1-22(2,3)15-18-14-20(24-16-21(18)25(7,8)9)17-11-10-12-19(13-17)23(4,5)6;/h10,12-14,16H,15H2,1-9H3;/q-1;. The van der Waals surface area contributed by atoms with Gasteiger partial charge in [-0.3, -0.25) is 0 Å². The minimum Gasteiger partial charge on any atom is -0.305 e. The fourth-order valence-corrected chi connectivity index (χ4v) is 4.69. The molecule has 0 spiro atoms. The van der Waals surface area contributed by atoms with E-state index in [2.05, 4.69) is 91.6 Å². The van der Waals surface area contributed by atoms with Crippen molar-refractivity contribution >= 4 is 13.3 Å². The van der Waals surface area contributed by atoms with Crippen LogP contribution in [0.15, 0.2) is 30.5 Å². The van der Waals surface area contributed by atoms with Gasteiger partial charge in [0.1, 0.15) is 0 Å². The van der Waals surface area contributed by atoms with Gasteiger partial charge in [0.25, 0.3) is 0 Å². The average Bonchev–Trinajstić information content (AvgIpc) is 2.43. The molecular weight excluding hydrogens is 511 g/mol. The van der Waals surface area contributed by atoms with Gasteiger partial charge in [-0.2, -0.15) is 0 Å². The molecule has 0 atom stereocenters. The minimum atomic E-state index is -1.42. The molecule has 0 bridgehead atoms. The smallest absolute Gasteiger partial charge is 0.0798 e. The second-order valence-corrected chi connectivity index (χ2v) is 15.5. The molecule has 145 valence electrons. The molecule has 1 nitrogen and oxygen atoms in total. The molecule has 0 amide bonds. The molecule has 1 aromatic heterocycles. The van der Waals surface area contributed by atoms with Crippen molar-refractivity contribution in [1.82, 2.24) is 4.98 Å². The Hall–Kier alpha value is -0.764. The van der Waals surface area contributed by atoms with Gasteiger partial charge in [-0.25, -0.2) is 0 Å². The molecule has 0 N–H and O–H groups in total. The molecule has 2 aromatic rings. The molecule has 26 heavy (non-hydrogen) atoms. The van der Waals surface area contributed by atoms with Crippen LogP contribution in [-0.4, -0.2) is 13.1 Å². The summed E-state index contributed by atoms with van der Waals surface area (Å²) >= 11 is 0. The van der Waals surface area contributed by atoms with E-state index in [9.17, 15) is 0 Å². The Kier molecular flexibility index (Phi) is 7.24. The summed E-state index contributed by atoms with van der Waals surface area (Å²) in [5, 5.41) is 1.48. The van der Waals surface area contributed by atoms with Gasteiger partial charge in [0, 0.05) is 26.3 Å². The van der Waals surface area contributed by atoms with E-state index in [1.807, 2.05) is 6.07 Å². The van der Waals surface area contributed by atoms with Crippen molar-refractivity contribution in [2.45, 2.75) is 73.0 Å². The SMILES string of the molecule is CC(C)(C)Cc1cc(-c2[c-]ccc(C(C)(C)C)c2)ncc1[Si](C)(C)C.[Ir]. The predicted octanol–water partition coefficient (Wildman–Crippen LogP) is 5.98. The largest absolute Gasteiger partial charge is 0.305 e. The van der Waals surface area contributed by atoms with Crippen molar-refractivity contribution in [1.29, 1.82) is 0 Å². The van der Waals surface area contributed by atoms with Crippen LogP contribution in [0.4, 0.5) is 0 Å². The molecule has 0 saturated heterocycles. The number of hydrogen-bond acceptors (Lipinski definition) is 1. The molecule has 0 saturated carbocycles. The summed E-state index contributed by atoms with van der Waals surface area (Å²) < 4.78 is 0. The number of aromatic nitrogens is 1. The number of benzene rings is 1. The van der Waals surface area contributed by atoms with Gasteiger partial charge in [0.05, 0.1) is 8.07 Å².